The van der Waals surface area contributed by atoms with E-state index in [4.69, 9.17) is 15.2 Å². The van der Waals surface area contributed by atoms with Gasteiger partial charge in [0.15, 0.2) is 5.69 Å². The quantitative estimate of drug-likeness (QED) is 0.326. The van der Waals surface area contributed by atoms with Crippen molar-refractivity contribution in [3.63, 3.8) is 0 Å². The molecule has 2 heterocycles. The predicted molar refractivity (Wildman–Crippen MR) is 114 cm³/mol. The van der Waals surface area contributed by atoms with Gasteiger partial charge in [-0.2, -0.15) is 9.78 Å². The summed E-state index contributed by atoms with van der Waals surface area (Å²) in [6, 6.07) is 14.2. The first-order chi connectivity index (χ1) is 15.6. The minimum atomic E-state index is -0.602. The number of hydrogen-bond donors (Lipinski definition) is 2. The zero-order valence-corrected chi connectivity index (χ0v) is 17.1. The van der Waals surface area contributed by atoms with Crippen LogP contribution in [0.5, 0.6) is 11.5 Å². The van der Waals surface area contributed by atoms with Crippen LogP contribution in [0.1, 0.15) is 16.1 Å². The lowest BCUT2D eigenvalue weighted by Gasteiger charge is -2.07. The molecule has 0 fully saturated rings. The average Bonchev–Trinajstić information content (AvgIpc) is 3.45. The van der Waals surface area contributed by atoms with Crippen LogP contribution < -0.4 is 20.6 Å². The smallest absolute Gasteiger partial charge is 0.294 e. The molecule has 32 heavy (non-hydrogen) atoms. The Bertz CT molecular complexity index is 1280. The van der Waals surface area contributed by atoms with Gasteiger partial charge in [0.25, 0.3) is 5.91 Å². The zero-order valence-electron chi connectivity index (χ0n) is 17.1. The van der Waals surface area contributed by atoms with E-state index in [1.165, 1.54) is 18.0 Å². The van der Waals surface area contributed by atoms with Crippen molar-refractivity contribution >= 4 is 17.9 Å². The maximum Gasteiger partial charge on any atom is 0.294 e. The normalized spacial score (nSPS) is 10.9. The van der Waals surface area contributed by atoms with Crippen LogP contribution in [-0.2, 0) is 0 Å². The summed E-state index contributed by atoms with van der Waals surface area (Å²) in [7, 11) is 3.09. The molecule has 0 atom stereocenters. The van der Waals surface area contributed by atoms with Gasteiger partial charge in [-0.15, -0.1) is 5.10 Å². The summed E-state index contributed by atoms with van der Waals surface area (Å²) in [5, 5.41) is 19.3. The molecule has 0 aliphatic heterocycles. The second-order valence-corrected chi connectivity index (χ2v) is 6.34. The van der Waals surface area contributed by atoms with Gasteiger partial charge in [-0.3, -0.25) is 4.79 Å². The number of benzene rings is 2. The summed E-state index contributed by atoms with van der Waals surface area (Å²) < 4.78 is 16.5. The third-order valence-electron chi connectivity index (χ3n) is 4.43. The molecule has 0 radical (unpaired) electrons. The van der Waals surface area contributed by atoms with Crippen LogP contribution in [0.25, 0.3) is 17.1 Å². The molecule has 3 N–H and O–H groups in total. The Morgan fingerprint density at radius 3 is 2.75 bits per heavy atom. The van der Waals surface area contributed by atoms with E-state index in [2.05, 4.69) is 35.8 Å². The van der Waals surface area contributed by atoms with Gasteiger partial charge >= 0.3 is 0 Å². The molecule has 4 rings (SSSR count). The number of para-hydroxylation sites is 1. The summed E-state index contributed by atoms with van der Waals surface area (Å²) in [5.41, 5.74) is 9.82. The van der Waals surface area contributed by atoms with E-state index in [9.17, 15) is 4.79 Å². The first kappa shape index (κ1) is 20.5. The molecule has 4 aromatic rings. The van der Waals surface area contributed by atoms with Gasteiger partial charge in [-0.05, 0) is 34.6 Å². The van der Waals surface area contributed by atoms with Crippen LogP contribution in [-0.4, -0.2) is 51.6 Å². The molecule has 0 saturated heterocycles. The minimum absolute atomic E-state index is 0.0137. The van der Waals surface area contributed by atoms with Crippen LogP contribution >= 0.6 is 0 Å². The highest BCUT2D eigenvalue weighted by molar-refractivity contribution is 5.99. The lowest BCUT2D eigenvalue weighted by molar-refractivity contribution is 0.0950. The number of nitrogen functional groups attached to an aromatic ring is 1. The standard InChI is InChI=1S/C20H18N8O4/c1-30-14-8-5-7-12(10-14)17-16(23-27-28(17)19-18(21)25-32-26-19)20(29)24-22-11-13-6-3-4-9-15(13)31-2/h3-11H,1-2H3,(H2,21,25)(H,24,29). The van der Waals surface area contributed by atoms with Crippen LogP contribution in [0.4, 0.5) is 5.82 Å². The SMILES string of the molecule is COc1cccc(-c2c(C(=O)NN=Cc3ccccc3OC)nnn2-c2nonc2N)c1. The third kappa shape index (κ3) is 3.96. The summed E-state index contributed by atoms with van der Waals surface area (Å²) in [5.74, 6) is 0.659. The summed E-state index contributed by atoms with van der Waals surface area (Å²) in [6.45, 7) is 0. The van der Waals surface area contributed by atoms with E-state index in [0.717, 1.165) is 0 Å². The number of nitrogens with two attached hydrogens (primary N) is 1. The number of hydrogen-bond acceptors (Lipinski definition) is 10. The number of ether oxygens (including phenoxy) is 2. The van der Waals surface area contributed by atoms with Crippen molar-refractivity contribution in [2.24, 2.45) is 5.10 Å². The zero-order chi connectivity index (χ0) is 22.5. The predicted octanol–water partition coefficient (Wildman–Crippen LogP) is 1.68. The highest BCUT2D eigenvalue weighted by atomic mass is 16.6. The van der Waals surface area contributed by atoms with Gasteiger partial charge in [0.1, 0.15) is 17.2 Å². The van der Waals surface area contributed by atoms with Crippen molar-refractivity contribution in [2.45, 2.75) is 0 Å². The minimum Gasteiger partial charge on any atom is -0.497 e. The molecule has 2 aromatic carbocycles. The lowest BCUT2D eigenvalue weighted by atomic mass is 10.1. The molecular weight excluding hydrogens is 416 g/mol. The number of anilines is 1. The van der Waals surface area contributed by atoms with E-state index in [-0.39, 0.29) is 17.3 Å². The molecule has 162 valence electrons. The molecule has 12 heteroatoms. The third-order valence-corrected chi connectivity index (χ3v) is 4.43. The van der Waals surface area contributed by atoms with Crippen molar-refractivity contribution in [3.8, 4) is 28.6 Å². The summed E-state index contributed by atoms with van der Waals surface area (Å²) in [4.78, 5) is 12.9. The Morgan fingerprint density at radius 2 is 2.00 bits per heavy atom. The van der Waals surface area contributed by atoms with Gasteiger partial charge in [0.2, 0.25) is 11.6 Å². The topological polar surface area (TPSA) is 156 Å². The Balaban J connectivity index is 1.70. The first-order valence-corrected chi connectivity index (χ1v) is 9.27. The van der Waals surface area contributed by atoms with Gasteiger partial charge in [0.05, 0.1) is 20.4 Å². The fraction of sp³-hybridized carbons (Fsp3) is 0.100. The molecule has 0 bridgehead atoms. The number of carbonyl (C=O) groups is 1. The molecule has 12 nitrogen and oxygen atoms in total. The van der Waals surface area contributed by atoms with E-state index < -0.39 is 5.91 Å². The summed E-state index contributed by atoms with van der Waals surface area (Å²) in [6.07, 6.45) is 1.46. The van der Waals surface area contributed by atoms with Gasteiger partial charge in [-0.25, -0.2) is 10.1 Å². The van der Waals surface area contributed by atoms with Crippen LogP contribution in [0, 0.1) is 0 Å². The largest absolute Gasteiger partial charge is 0.497 e. The highest BCUT2D eigenvalue weighted by Gasteiger charge is 2.25. The Morgan fingerprint density at radius 1 is 1.16 bits per heavy atom. The van der Waals surface area contributed by atoms with E-state index in [0.29, 0.717) is 28.3 Å². The monoisotopic (exact) mass is 434 g/mol. The van der Waals surface area contributed by atoms with Gasteiger partial charge in [0, 0.05) is 11.1 Å². The molecule has 0 aliphatic carbocycles. The number of carbonyl (C=O) groups excluding carboxylic acids is 1. The first-order valence-electron chi connectivity index (χ1n) is 9.27. The van der Waals surface area contributed by atoms with Crippen LogP contribution in [0.15, 0.2) is 58.3 Å². The number of aromatic nitrogens is 5. The Hall–Kier alpha value is -4.74. The molecular formula is C20H18N8O4. The lowest BCUT2D eigenvalue weighted by Crippen LogP contribution is -2.19. The fourth-order valence-corrected chi connectivity index (χ4v) is 2.94. The number of methoxy groups -OCH3 is 2. The van der Waals surface area contributed by atoms with Crippen molar-refractivity contribution in [2.75, 3.05) is 20.0 Å². The molecule has 0 unspecified atom stereocenters. The van der Waals surface area contributed by atoms with Gasteiger partial charge in [-0.1, -0.05) is 29.5 Å². The van der Waals surface area contributed by atoms with Crippen molar-refractivity contribution in [1.29, 1.82) is 0 Å². The molecule has 1 amide bonds. The number of nitrogens with zero attached hydrogens (tertiary/aromatic N) is 6. The van der Waals surface area contributed by atoms with Crippen molar-refractivity contribution in [3.05, 3.63) is 59.8 Å². The van der Waals surface area contributed by atoms with Gasteiger partial charge < -0.3 is 15.2 Å². The van der Waals surface area contributed by atoms with E-state index in [1.807, 2.05) is 12.1 Å². The number of rotatable bonds is 7. The van der Waals surface area contributed by atoms with Crippen molar-refractivity contribution in [1.82, 2.24) is 30.7 Å². The van der Waals surface area contributed by atoms with Crippen LogP contribution in [0.3, 0.4) is 0 Å². The second-order valence-electron chi connectivity index (χ2n) is 6.34. The van der Waals surface area contributed by atoms with E-state index in [1.54, 1.807) is 43.5 Å². The van der Waals surface area contributed by atoms with E-state index >= 15 is 0 Å². The van der Waals surface area contributed by atoms with Crippen molar-refractivity contribution < 1.29 is 18.9 Å². The molecule has 2 aromatic heterocycles. The number of nitrogens with one attached hydrogen (secondary N) is 1. The maximum absolute atomic E-state index is 12.9. The number of hydrazone groups is 1. The Kier molecular flexibility index (Phi) is 5.74. The number of amides is 1. The van der Waals surface area contributed by atoms with Crippen LogP contribution in [0.2, 0.25) is 0 Å². The average molecular weight is 434 g/mol. The fourth-order valence-electron chi connectivity index (χ4n) is 2.94. The highest BCUT2D eigenvalue weighted by Crippen LogP contribution is 2.29. The molecule has 0 aliphatic rings. The maximum atomic E-state index is 12.9. The second kappa shape index (κ2) is 8.95. The molecule has 0 saturated carbocycles. The molecule has 0 spiro atoms. The summed E-state index contributed by atoms with van der Waals surface area (Å²) >= 11 is 0. The Labute approximate surface area is 181 Å².